The van der Waals surface area contributed by atoms with Gasteiger partial charge in [-0.1, -0.05) is 19.1 Å². The van der Waals surface area contributed by atoms with Gasteiger partial charge in [0.15, 0.2) is 6.73 Å². The van der Waals surface area contributed by atoms with Crippen molar-refractivity contribution in [3.05, 3.63) is 53.4 Å². The highest BCUT2D eigenvalue weighted by Crippen LogP contribution is 2.32. The number of benzene rings is 2. The lowest BCUT2D eigenvalue weighted by molar-refractivity contribution is -0.138. The van der Waals surface area contributed by atoms with E-state index in [4.69, 9.17) is 15.3 Å². The van der Waals surface area contributed by atoms with Crippen molar-refractivity contribution in [2.45, 2.75) is 51.6 Å². The Hall–Kier alpha value is -3.59. The third kappa shape index (κ3) is 9.95. The molecule has 0 aliphatic carbocycles. The van der Waals surface area contributed by atoms with Gasteiger partial charge < -0.3 is 19.7 Å². The molecule has 1 aliphatic heterocycles. The van der Waals surface area contributed by atoms with Gasteiger partial charge in [0.05, 0.1) is 25.3 Å². The number of nitrogens with two attached hydrogens (primary N) is 1. The summed E-state index contributed by atoms with van der Waals surface area (Å²) in [6.07, 6.45) is -3.29. The molecule has 14 heteroatoms. The van der Waals surface area contributed by atoms with Gasteiger partial charge in [-0.05, 0) is 67.4 Å². The molecule has 3 aromatic rings. The lowest BCUT2D eigenvalue weighted by Gasteiger charge is -2.30. The van der Waals surface area contributed by atoms with Crippen molar-refractivity contribution in [2.75, 3.05) is 55.9 Å². The molecule has 1 aromatic heterocycles. The molecular weight excluding hydrogens is 609 g/mol. The Balaban J connectivity index is 1.20. The van der Waals surface area contributed by atoms with Crippen LogP contribution in [0.15, 0.2) is 47.8 Å². The second kappa shape index (κ2) is 16.6. The molecule has 2 amide bonds. The largest absolute Gasteiger partial charge is 0.494 e. The molecule has 0 unspecified atom stereocenters. The summed E-state index contributed by atoms with van der Waals surface area (Å²) in [5, 5.41) is 7.48. The van der Waals surface area contributed by atoms with Crippen molar-refractivity contribution in [3.63, 3.8) is 0 Å². The molecule has 4 rings (SSSR count). The van der Waals surface area contributed by atoms with E-state index in [1.165, 1.54) is 20.7 Å². The van der Waals surface area contributed by atoms with Gasteiger partial charge in [-0.25, -0.2) is 9.80 Å². The van der Waals surface area contributed by atoms with Crippen LogP contribution < -0.4 is 31.2 Å². The van der Waals surface area contributed by atoms with Crippen molar-refractivity contribution in [1.82, 2.24) is 15.9 Å². The fourth-order valence-electron chi connectivity index (χ4n) is 5.15. The molecule has 45 heavy (non-hydrogen) atoms. The van der Waals surface area contributed by atoms with Gasteiger partial charge in [0, 0.05) is 47.9 Å². The molecule has 0 spiro atoms. The Morgan fingerprint density at radius 3 is 2.71 bits per heavy atom. The first-order valence-corrected chi connectivity index (χ1v) is 16.0. The molecule has 0 bridgehead atoms. The topological polar surface area (TPSA) is 112 Å². The standard InChI is InChI=1S/C31H41F3N6O4S/c1-2-16-38(26-6-5-7-28-25(26)12-20-45-28)18-15-36-14-3-4-19-43-24-10-8-23-9-11-29(41)39(27(23)21-24)22-44-30(42)40(37-35)17-13-31(32,33)34/h5-8,10,12,20-21,36-37H,2-4,9,11,13-19,22,35H2,1H3. The summed E-state index contributed by atoms with van der Waals surface area (Å²) in [7, 11) is 0. The lowest BCUT2D eigenvalue weighted by Crippen LogP contribution is -2.49. The number of carbonyl (C=O) groups excluding carboxylic acids is 2. The number of hydrogen-bond acceptors (Lipinski definition) is 9. The minimum absolute atomic E-state index is 0.213. The predicted molar refractivity (Wildman–Crippen MR) is 170 cm³/mol. The second-order valence-electron chi connectivity index (χ2n) is 10.7. The molecular formula is C31H41F3N6O4S. The van der Waals surface area contributed by atoms with Crippen LogP contribution in [0.3, 0.4) is 0 Å². The number of nitrogens with zero attached hydrogens (tertiary/aromatic N) is 3. The number of unbranched alkanes of at least 4 members (excludes halogenated alkanes) is 1. The Morgan fingerprint density at radius 1 is 1.09 bits per heavy atom. The average molecular weight is 651 g/mol. The SMILES string of the molecule is CCCN(CCNCCCCOc1ccc2c(c1)N(COC(=O)N(CCC(F)(F)F)NN)C(=O)CC2)c1cccc2sccc12. The van der Waals surface area contributed by atoms with E-state index in [-0.39, 0.29) is 12.3 Å². The van der Waals surface area contributed by atoms with Crippen molar-refractivity contribution in [2.24, 2.45) is 5.84 Å². The summed E-state index contributed by atoms with van der Waals surface area (Å²) in [5.74, 6) is 5.49. The summed E-state index contributed by atoms with van der Waals surface area (Å²) in [5.41, 5.74) is 4.59. The molecule has 2 heterocycles. The monoisotopic (exact) mass is 650 g/mol. The van der Waals surface area contributed by atoms with Gasteiger partial charge >= 0.3 is 12.3 Å². The van der Waals surface area contributed by atoms with Gasteiger partial charge in [-0.15, -0.1) is 11.3 Å². The Labute approximate surface area is 265 Å². The quantitative estimate of drug-likeness (QED) is 0.0988. The molecule has 2 aromatic carbocycles. The van der Waals surface area contributed by atoms with E-state index in [2.05, 4.69) is 46.8 Å². The van der Waals surface area contributed by atoms with Crippen LogP contribution in [0.4, 0.5) is 29.3 Å². The number of amides is 2. The van der Waals surface area contributed by atoms with Crippen molar-refractivity contribution in [1.29, 1.82) is 0 Å². The van der Waals surface area contributed by atoms with Crippen molar-refractivity contribution in [3.8, 4) is 5.75 Å². The number of aryl methyl sites for hydroxylation is 1. The van der Waals surface area contributed by atoms with Crippen molar-refractivity contribution >= 4 is 44.8 Å². The highest BCUT2D eigenvalue weighted by Gasteiger charge is 2.30. The molecule has 4 N–H and O–H groups in total. The number of thiophene rings is 1. The molecule has 0 atom stereocenters. The number of hydrogen-bond donors (Lipinski definition) is 3. The number of hydrazine groups is 2. The number of fused-ring (bicyclic) bond motifs is 2. The van der Waals surface area contributed by atoms with Crippen LogP contribution in [0.25, 0.3) is 10.1 Å². The molecule has 0 saturated heterocycles. The Bertz CT molecular complexity index is 1410. The summed E-state index contributed by atoms with van der Waals surface area (Å²) in [6, 6.07) is 14.1. The Morgan fingerprint density at radius 2 is 1.93 bits per heavy atom. The maximum absolute atomic E-state index is 12.6. The molecule has 0 fully saturated rings. The van der Waals surface area contributed by atoms with Gasteiger partial charge in [-0.3, -0.25) is 15.5 Å². The van der Waals surface area contributed by atoms with E-state index in [0.717, 1.165) is 51.0 Å². The van der Waals surface area contributed by atoms with Crippen LogP contribution in [0.2, 0.25) is 0 Å². The maximum Gasteiger partial charge on any atom is 0.427 e. The van der Waals surface area contributed by atoms with Crippen LogP contribution >= 0.6 is 11.3 Å². The van der Waals surface area contributed by atoms with E-state index in [0.29, 0.717) is 29.5 Å². The second-order valence-corrected chi connectivity index (χ2v) is 11.6. The summed E-state index contributed by atoms with van der Waals surface area (Å²) in [6.45, 7) is 5.14. The smallest absolute Gasteiger partial charge is 0.427 e. The fraction of sp³-hybridized carbons (Fsp3) is 0.484. The first-order chi connectivity index (χ1) is 21.7. The molecule has 1 aliphatic rings. The number of ether oxygens (including phenoxy) is 2. The number of carbonyl (C=O) groups is 2. The minimum Gasteiger partial charge on any atom is -0.494 e. The highest BCUT2D eigenvalue weighted by molar-refractivity contribution is 7.17. The number of rotatable bonds is 17. The number of nitrogens with one attached hydrogen (secondary N) is 2. The van der Waals surface area contributed by atoms with Crippen LogP contribution in [0.1, 0.15) is 44.6 Å². The molecule has 10 nitrogen and oxygen atoms in total. The molecule has 0 radical (unpaired) electrons. The molecule has 246 valence electrons. The lowest BCUT2D eigenvalue weighted by atomic mass is 10.0. The highest BCUT2D eigenvalue weighted by atomic mass is 32.1. The summed E-state index contributed by atoms with van der Waals surface area (Å²) in [4.78, 5) is 28.6. The fourth-order valence-corrected chi connectivity index (χ4v) is 5.96. The first kappa shape index (κ1) is 34.3. The minimum atomic E-state index is -4.47. The third-order valence-electron chi connectivity index (χ3n) is 7.45. The summed E-state index contributed by atoms with van der Waals surface area (Å²) >= 11 is 1.76. The van der Waals surface area contributed by atoms with E-state index in [1.807, 2.05) is 17.7 Å². The zero-order chi connectivity index (χ0) is 32.2. The number of alkyl halides is 3. The van der Waals surface area contributed by atoms with Crippen LogP contribution in [-0.4, -0.2) is 69.2 Å². The third-order valence-corrected chi connectivity index (χ3v) is 8.33. The van der Waals surface area contributed by atoms with Crippen LogP contribution in [-0.2, 0) is 16.0 Å². The van der Waals surface area contributed by atoms with Gasteiger partial charge in [0.1, 0.15) is 5.75 Å². The van der Waals surface area contributed by atoms with E-state index in [9.17, 15) is 22.8 Å². The normalized spacial score (nSPS) is 13.2. The number of halogens is 3. The first-order valence-electron chi connectivity index (χ1n) is 15.2. The van der Waals surface area contributed by atoms with Gasteiger partial charge in [-0.2, -0.15) is 18.7 Å². The van der Waals surface area contributed by atoms with E-state index in [1.54, 1.807) is 17.4 Å². The average Bonchev–Trinajstić information content (AvgIpc) is 3.50. The zero-order valence-corrected chi connectivity index (χ0v) is 26.2. The zero-order valence-electron chi connectivity index (χ0n) is 25.4. The summed E-state index contributed by atoms with van der Waals surface area (Å²) < 4.78 is 50.0. The van der Waals surface area contributed by atoms with E-state index >= 15 is 0 Å². The number of anilines is 2. The van der Waals surface area contributed by atoms with E-state index < -0.39 is 32.0 Å². The van der Waals surface area contributed by atoms with Crippen LogP contribution in [0, 0.1) is 0 Å². The Kier molecular flexibility index (Phi) is 12.7. The van der Waals surface area contributed by atoms with Crippen molar-refractivity contribution < 1.29 is 32.2 Å². The predicted octanol–water partition coefficient (Wildman–Crippen LogP) is 5.57. The molecule has 0 saturated carbocycles. The van der Waals surface area contributed by atoms with Crippen LogP contribution in [0.5, 0.6) is 5.75 Å². The van der Waals surface area contributed by atoms with Gasteiger partial charge in [0.2, 0.25) is 5.91 Å². The van der Waals surface area contributed by atoms with Gasteiger partial charge in [0.25, 0.3) is 0 Å². The maximum atomic E-state index is 12.6.